The minimum atomic E-state index is -1.32. The summed E-state index contributed by atoms with van der Waals surface area (Å²) in [6, 6.07) is 21.3. The molecule has 0 aliphatic carbocycles. The average molecular weight is 514 g/mol. The number of carbonyl (C=O) groups excluding carboxylic acids is 1. The summed E-state index contributed by atoms with van der Waals surface area (Å²) in [5.74, 6) is -1.10. The summed E-state index contributed by atoms with van der Waals surface area (Å²) in [5.41, 5.74) is 3.05. The van der Waals surface area contributed by atoms with E-state index < -0.39 is 11.4 Å². The first kappa shape index (κ1) is 24.6. The Bertz CT molecular complexity index is 1400. The third-order valence-electron chi connectivity index (χ3n) is 6.93. The SMILES string of the molecule is COc1ccc(-c2ccccc2-c2csc([C@]3(CC(=O)O)C(=O)NCCC[C@H]3c3ccccc3)n2)cn1. The summed E-state index contributed by atoms with van der Waals surface area (Å²) in [7, 11) is 1.58. The minimum absolute atomic E-state index is 0.283. The van der Waals surface area contributed by atoms with Crippen molar-refractivity contribution in [3.63, 3.8) is 0 Å². The number of nitrogens with one attached hydrogen (secondary N) is 1. The fourth-order valence-corrected chi connectivity index (χ4v) is 6.26. The highest BCUT2D eigenvalue weighted by molar-refractivity contribution is 7.10. The molecule has 5 rings (SSSR count). The Balaban J connectivity index is 1.64. The van der Waals surface area contributed by atoms with Crippen LogP contribution in [0.2, 0.25) is 0 Å². The number of carbonyl (C=O) groups is 2. The maximum absolute atomic E-state index is 13.7. The van der Waals surface area contributed by atoms with Gasteiger partial charge in [-0.1, -0.05) is 54.6 Å². The van der Waals surface area contributed by atoms with Gasteiger partial charge in [0.05, 0.1) is 19.2 Å². The highest BCUT2D eigenvalue weighted by Gasteiger charge is 2.52. The zero-order valence-electron chi connectivity index (χ0n) is 20.4. The zero-order chi connectivity index (χ0) is 25.8. The zero-order valence-corrected chi connectivity index (χ0v) is 21.2. The summed E-state index contributed by atoms with van der Waals surface area (Å²) >= 11 is 1.34. The van der Waals surface area contributed by atoms with Crippen molar-refractivity contribution in [1.82, 2.24) is 15.3 Å². The molecule has 3 heterocycles. The first-order valence-electron chi connectivity index (χ1n) is 12.1. The number of pyridine rings is 1. The minimum Gasteiger partial charge on any atom is -0.481 e. The summed E-state index contributed by atoms with van der Waals surface area (Å²) in [4.78, 5) is 35.3. The fraction of sp³-hybridized carbons (Fsp3) is 0.241. The van der Waals surface area contributed by atoms with Gasteiger partial charge in [-0.15, -0.1) is 11.3 Å². The van der Waals surface area contributed by atoms with Crippen molar-refractivity contribution in [3.8, 4) is 28.3 Å². The number of benzene rings is 2. The predicted octanol–water partition coefficient (Wildman–Crippen LogP) is 5.29. The van der Waals surface area contributed by atoms with Gasteiger partial charge in [0.1, 0.15) is 10.4 Å². The molecule has 0 radical (unpaired) electrons. The smallest absolute Gasteiger partial charge is 0.304 e. The first-order valence-corrected chi connectivity index (χ1v) is 13.0. The number of aromatic nitrogens is 2. The van der Waals surface area contributed by atoms with Crippen molar-refractivity contribution < 1.29 is 19.4 Å². The van der Waals surface area contributed by atoms with E-state index >= 15 is 0 Å². The van der Waals surface area contributed by atoms with Gasteiger partial charge in [0, 0.05) is 41.2 Å². The largest absolute Gasteiger partial charge is 0.481 e. The topological polar surface area (TPSA) is 101 Å². The number of nitrogens with zero attached hydrogens (tertiary/aromatic N) is 2. The van der Waals surface area contributed by atoms with E-state index in [0.29, 0.717) is 29.5 Å². The Morgan fingerprint density at radius 2 is 1.86 bits per heavy atom. The first-order chi connectivity index (χ1) is 18.0. The third-order valence-corrected chi connectivity index (χ3v) is 7.95. The van der Waals surface area contributed by atoms with Gasteiger partial charge < -0.3 is 15.2 Å². The van der Waals surface area contributed by atoms with Crippen LogP contribution in [-0.2, 0) is 15.0 Å². The van der Waals surface area contributed by atoms with Crippen molar-refractivity contribution in [2.75, 3.05) is 13.7 Å². The summed E-state index contributed by atoms with van der Waals surface area (Å²) in [5, 5.41) is 15.4. The molecule has 8 heteroatoms. The van der Waals surface area contributed by atoms with Crippen LogP contribution in [0.1, 0.15) is 35.8 Å². The van der Waals surface area contributed by atoms with Gasteiger partial charge in [0.25, 0.3) is 0 Å². The van der Waals surface area contributed by atoms with Gasteiger partial charge in [-0.3, -0.25) is 9.59 Å². The molecule has 188 valence electrons. The van der Waals surface area contributed by atoms with Crippen LogP contribution in [0.3, 0.4) is 0 Å². The molecule has 0 unspecified atom stereocenters. The third kappa shape index (κ3) is 4.72. The van der Waals surface area contributed by atoms with Crippen LogP contribution >= 0.6 is 11.3 Å². The summed E-state index contributed by atoms with van der Waals surface area (Å²) in [6.45, 7) is 0.509. The van der Waals surface area contributed by atoms with Gasteiger partial charge in [0.2, 0.25) is 11.8 Å². The van der Waals surface area contributed by atoms with E-state index in [1.54, 1.807) is 19.4 Å². The van der Waals surface area contributed by atoms with Crippen molar-refractivity contribution in [2.24, 2.45) is 0 Å². The second-order valence-electron chi connectivity index (χ2n) is 9.08. The number of amides is 1. The van der Waals surface area contributed by atoms with Crippen LogP contribution in [0, 0.1) is 0 Å². The average Bonchev–Trinajstić information content (AvgIpc) is 3.37. The number of hydrogen-bond acceptors (Lipinski definition) is 6. The maximum atomic E-state index is 13.7. The number of thiazole rings is 1. The Morgan fingerprint density at radius 3 is 2.57 bits per heavy atom. The van der Waals surface area contributed by atoms with Crippen LogP contribution in [0.5, 0.6) is 5.88 Å². The molecule has 1 fully saturated rings. The lowest BCUT2D eigenvalue weighted by molar-refractivity contribution is -0.142. The molecule has 37 heavy (non-hydrogen) atoms. The quantitative estimate of drug-likeness (QED) is 0.348. The molecular weight excluding hydrogens is 486 g/mol. The second kappa shape index (κ2) is 10.5. The number of carboxylic acid groups (broad SMARTS) is 1. The molecular formula is C29H27N3O4S. The van der Waals surface area contributed by atoms with E-state index in [0.717, 1.165) is 28.7 Å². The Hall–Kier alpha value is -4.04. The second-order valence-corrected chi connectivity index (χ2v) is 9.93. The fourth-order valence-electron chi connectivity index (χ4n) is 5.19. The molecule has 0 saturated carbocycles. The lowest BCUT2D eigenvalue weighted by Gasteiger charge is -2.35. The van der Waals surface area contributed by atoms with Crippen LogP contribution < -0.4 is 10.1 Å². The van der Waals surface area contributed by atoms with Crippen molar-refractivity contribution in [3.05, 3.63) is 88.9 Å². The Kier molecular flexibility index (Phi) is 7.01. The van der Waals surface area contributed by atoms with Crippen molar-refractivity contribution >= 4 is 23.2 Å². The normalized spacial score (nSPS) is 19.6. The van der Waals surface area contributed by atoms with Gasteiger partial charge in [0.15, 0.2) is 0 Å². The Labute approximate surface area is 219 Å². The number of carboxylic acids is 1. The van der Waals surface area contributed by atoms with Gasteiger partial charge in [-0.05, 0) is 30.0 Å². The summed E-state index contributed by atoms with van der Waals surface area (Å²) in [6.07, 6.45) is 2.85. The van der Waals surface area contributed by atoms with Gasteiger partial charge in [-0.2, -0.15) is 0 Å². The number of aliphatic carboxylic acids is 1. The van der Waals surface area contributed by atoms with Crippen molar-refractivity contribution in [1.29, 1.82) is 0 Å². The molecule has 2 atom stereocenters. The van der Waals surface area contributed by atoms with Crippen LogP contribution in [0.4, 0.5) is 0 Å². The van der Waals surface area contributed by atoms with E-state index in [9.17, 15) is 14.7 Å². The monoisotopic (exact) mass is 513 g/mol. The van der Waals surface area contributed by atoms with Gasteiger partial charge in [-0.25, -0.2) is 9.97 Å². The lowest BCUT2D eigenvalue weighted by Crippen LogP contribution is -2.48. The molecule has 1 amide bonds. The predicted molar refractivity (Wildman–Crippen MR) is 143 cm³/mol. The highest BCUT2D eigenvalue weighted by atomic mass is 32.1. The lowest BCUT2D eigenvalue weighted by atomic mass is 9.68. The molecule has 4 aromatic rings. The molecule has 1 saturated heterocycles. The van der Waals surface area contributed by atoms with E-state index in [1.165, 1.54) is 11.3 Å². The highest BCUT2D eigenvalue weighted by Crippen LogP contribution is 2.48. The molecule has 2 aromatic heterocycles. The number of ether oxygens (including phenoxy) is 1. The van der Waals surface area contributed by atoms with E-state index in [-0.39, 0.29) is 18.2 Å². The van der Waals surface area contributed by atoms with Crippen LogP contribution in [-0.4, -0.2) is 40.6 Å². The Morgan fingerprint density at radius 1 is 1.11 bits per heavy atom. The van der Waals surface area contributed by atoms with Gasteiger partial charge >= 0.3 is 5.97 Å². The van der Waals surface area contributed by atoms with E-state index in [2.05, 4.69) is 10.3 Å². The molecule has 2 aromatic carbocycles. The standard InChI is InChI=1S/C29H27N3O4S/c1-36-25-14-13-20(17-31-25)21-10-5-6-11-22(21)24-18-37-28(32-24)29(16-26(33)34)23(12-7-15-30-27(29)35)19-8-3-2-4-9-19/h2-6,8-11,13-14,17-18,23H,7,12,15-16H2,1H3,(H,30,35)(H,33,34)/t23-,29-/m0/s1. The number of rotatable bonds is 7. The summed E-state index contributed by atoms with van der Waals surface area (Å²) < 4.78 is 5.19. The number of methoxy groups -OCH3 is 1. The van der Waals surface area contributed by atoms with E-state index in [4.69, 9.17) is 9.72 Å². The molecule has 1 aliphatic rings. The van der Waals surface area contributed by atoms with Crippen LogP contribution in [0.15, 0.2) is 78.3 Å². The van der Waals surface area contributed by atoms with E-state index in [1.807, 2.05) is 66.0 Å². The number of hydrogen-bond donors (Lipinski definition) is 2. The van der Waals surface area contributed by atoms with Crippen molar-refractivity contribution in [2.45, 2.75) is 30.6 Å². The molecule has 2 N–H and O–H groups in total. The molecule has 1 aliphatic heterocycles. The maximum Gasteiger partial charge on any atom is 0.304 e. The molecule has 0 spiro atoms. The van der Waals surface area contributed by atoms with Crippen LogP contribution in [0.25, 0.3) is 22.4 Å². The molecule has 0 bridgehead atoms. The molecule has 7 nitrogen and oxygen atoms in total.